The number of hydrogen-bond acceptors (Lipinski definition) is 3. The van der Waals surface area contributed by atoms with Crippen LogP contribution in [0.15, 0.2) is 12.4 Å². The summed E-state index contributed by atoms with van der Waals surface area (Å²) in [5, 5.41) is 0. The molecule has 0 saturated heterocycles. The first-order valence-electron chi connectivity index (χ1n) is 2.93. The largest absolute Gasteiger partial charge is 0.396 e. The Hall–Kier alpha value is -0.820. The second-order valence-corrected chi connectivity index (χ2v) is 4.13. The minimum absolute atomic E-state index is 0.604. The van der Waals surface area contributed by atoms with Crippen LogP contribution in [0.3, 0.4) is 0 Å². The molecule has 2 N–H and O–H groups in total. The third-order valence-electron chi connectivity index (χ3n) is 1.05. The molecule has 4 heteroatoms. The molecule has 1 rings (SSSR count). The first kappa shape index (κ1) is 7.29. The van der Waals surface area contributed by atoms with Crippen LogP contribution in [0.4, 0.5) is 5.69 Å². The molecule has 1 heterocycles. The molecular formula is C6H10N3P. The average molecular weight is 155 g/mol. The van der Waals surface area contributed by atoms with Gasteiger partial charge in [-0.2, -0.15) is 0 Å². The van der Waals surface area contributed by atoms with Gasteiger partial charge < -0.3 is 5.73 Å². The summed E-state index contributed by atoms with van der Waals surface area (Å²) in [6, 6.07) is 0. The predicted octanol–water partition coefficient (Wildman–Crippen LogP) is -0.0399. The van der Waals surface area contributed by atoms with Crippen LogP contribution < -0.4 is 11.3 Å². The molecule has 1 aromatic rings. The smallest absolute Gasteiger partial charge is 0.146 e. The van der Waals surface area contributed by atoms with Crippen molar-refractivity contribution in [2.24, 2.45) is 0 Å². The third kappa shape index (κ3) is 1.58. The molecule has 0 aromatic carbocycles. The zero-order valence-electron chi connectivity index (χ0n) is 5.83. The van der Waals surface area contributed by atoms with Crippen LogP contribution >= 0.6 is 7.55 Å². The van der Waals surface area contributed by atoms with Crippen molar-refractivity contribution < 1.29 is 0 Å². The van der Waals surface area contributed by atoms with Crippen LogP contribution in [-0.4, -0.2) is 22.9 Å². The Morgan fingerprint density at radius 3 is 2.40 bits per heavy atom. The number of hydrogen-bond donors (Lipinski definition) is 1. The van der Waals surface area contributed by atoms with Crippen LogP contribution in [0.2, 0.25) is 0 Å². The van der Waals surface area contributed by atoms with E-state index in [1.54, 1.807) is 12.4 Å². The minimum atomic E-state index is -0.756. The maximum Gasteiger partial charge on any atom is 0.146 e. The highest BCUT2D eigenvalue weighted by Gasteiger charge is 1.92. The molecule has 0 bridgehead atoms. The number of nitrogen functional groups attached to an aromatic ring is 1. The van der Waals surface area contributed by atoms with E-state index in [1.165, 1.54) is 0 Å². The van der Waals surface area contributed by atoms with E-state index in [1.807, 2.05) is 6.66 Å². The lowest BCUT2D eigenvalue weighted by atomic mass is 10.6. The van der Waals surface area contributed by atoms with Gasteiger partial charge in [0.15, 0.2) is 0 Å². The van der Waals surface area contributed by atoms with Crippen molar-refractivity contribution in [3.8, 4) is 0 Å². The fraction of sp³-hybridized carbons (Fsp3) is 0.167. The quantitative estimate of drug-likeness (QED) is 0.579. The van der Waals surface area contributed by atoms with Gasteiger partial charge in [-0.1, -0.05) is 13.8 Å². The van der Waals surface area contributed by atoms with Crippen LogP contribution in [0.25, 0.3) is 0 Å². The normalized spacial score (nSPS) is 12.9. The SMILES string of the molecule is C=[PH](C)c1ncc(N)cn1. The summed E-state index contributed by atoms with van der Waals surface area (Å²) in [4.78, 5) is 8.05. The van der Waals surface area contributed by atoms with Gasteiger partial charge >= 0.3 is 0 Å². The molecular weight excluding hydrogens is 145 g/mol. The van der Waals surface area contributed by atoms with Crippen LogP contribution in [0.5, 0.6) is 0 Å². The van der Waals surface area contributed by atoms with Gasteiger partial charge in [-0.05, 0) is 6.66 Å². The molecule has 1 unspecified atom stereocenters. The average Bonchev–Trinajstić information content (AvgIpc) is 1.88. The number of aromatic nitrogens is 2. The summed E-state index contributed by atoms with van der Waals surface area (Å²) in [6.45, 7) is 2.04. The lowest BCUT2D eigenvalue weighted by Gasteiger charge is -1.96. The second-order valence-electron chi connectivity index (χ2n) is 2.12. The summed E-state index contributed by atoms with van der Waals surface area (Å²) in [5.41, 5.74) is 6.83. The standard InChI is InChI=1S/C6H10N3P/c1-10(2)6-8-3-5(7)4-9-6/h3-4,10H,1,7H2,2H3. The molecule has 0 spiro atoms. The zero-order chi connectivity index (χ0) is 7.56. The number of nitrogens with two attached hydrogens (primary N) is 1. The topological polar surface area (TPSA) is 51.8 Å². The van der Waals surface area contributed by atoms with E-state index in [4.69, 9.17) is 5.73 Å². The Morgan fingerprint density at radius 1 is 1.50 bits per heavy atom. The van der Waals surface area contributed by atoms with Gasteiger partial charge in [0.1, 0.15) is 5.57 Å². The van der Waals surface area contributed by atoms with E-state index in [0.29, 0.717) is 5.69 Å². The van der Waals surface area contributed by atoms with E-state index < -0.39 is 7.55 Å². The highest BCUT2D eigenvalue weighted by atomic mass is 31.1. The van der Waals surface area contributed by atoms with Gasteiger partial charge in [0, 0.05) is 0 Å². The fourth-order valence-electron chi connectivity index (χ4n) is 0.558. The molecule has 0 fully saturated rings. The second kappa shape index (κ2) is 2.84. The minimum Gasteiger partial charge on any atom is -0.396 e. The molecule has 54 valence electrons. The van der Waals surface area contributed by atoms with Crippen molar-refractivity contribution in [1.82, 2.24) is 9.97 Å². The first-order valence-corrected chi connectivity index (χ1v) is 5.14. The van der Waals surface area contributed by atoms with E-state index in [2.05, 4.69) is 16.3 Å². The number of anilines is 1. The summed E-state index contributed by atoms with van der Waals surface area (Å²) in [7, 11) is -0.756. The van der Waals surface area contributed by atoms with Gasteiger partial charge in [-0.3, -0.25) is 0 Å². The molecule has 1 aromatic heterocycles. The highest BCUT2D eigenvalue weighted by molar-refractivity contribution is 7.62. The Balaban J connectivity index is 3.00. The van der Waals surface area contributed by atoms with Crippen LogP contribution in [0, 0.1) is 0 Å². The van der Waals surface area contributed by atoms with E-state index in [0.717, 1.165) is 5.57 Å². The van der Waals surface area contributed by atoms with Crippen molar-refractivity contribution in [1.29, 1.82) is 0 Å². The first-order chi connectivity index (χ1) is 4.70. The maximum absolute atomic E-state index is 5.39. The van der Waals surface area contributed by atoms with Gasteiger partial charge in [0.2, 0.25) is 0 Å². The lowest BCUT2D eigenvalue weighted by Crippen LogP contribution is -2.07. The number of rotatable bonds is 1. The molecule has 0 saturated carbocycles. The van der Waals surface area contributed by atoms with Gasteiger partial charge in [-0.15, -0.1) is 0 Å². The van der Waals surface area contributed by atoms with E-state index in [9.17, 15) is 0 Å². The van der Waals surface area contributed by atoms with Gasteiger partial charge in [0.05, 0.1) is 18.1 Å². The van der Waals surface area contributed by atoms with Crippen molar-refractivity contribution in [3.05, 3.63) is 12.4 Å². The Kier molecular flexibility index (Phi) is 2.07. The summed E-state index contributed by atoms with van der Waals surface area (Å²) >= 11 is 0. The molecule has 0 radical (unpaired) electrons. The molecule has 0 aliphatic rings. The molecule has 0 aliphatic heterocycles. The summed E-state index contributed by atoms with van der Waals surface area (Å²) < 4.78 is 0. The monoisotopic (exact) mass is 155 g/mol. The van der Waals surface area contributed by atoms with Crippen LogP contribution in [0.1, 0.15) is 0 Å². The molecule has 3 nitrogen and oxygen atoms in total. The molecule has 0 aliphatic carbocycles. The molecule has 1 atom stereocenters. The third-order valence-corrected chi connectivity index (χ3v) is 2.08. The van der Waals surface area contributed by atoms with Crippen molar-refractivity contribution >= 4 is 25.1 Å². The van der Waals surface area contributed by atoms with Crippen molar-refractivity contribution in [3.63, 3.8) is 0 Å². The van der Waals surface area contributed by atoms with Gasteiger partial charge in [-0.25, -0.2) is 9.97 Å². The van der Waals surface area contributed by atoms with Gasteiger partial charge in [0.25, 0.3) is 0 Å². The Labute approximate surface area is 60.7 Å². The Morgan fingerprint density at radius 2 is 2.00 bits per heavy atom. The highest BCUT2D eigenvalue weighted by Crippen LogP contribution is 2.07. The maximum atomic E-state index is 5.39. The van der Waals surface area contributed by atoms with Crippen LogP contribution in [-0.2, 0) is 0 Å². The summed E-state index contributed by atoms with van der Waals surface area (Å²) in [6.07, 6.45) is 7.10. The molecule has 0 amide bonds. The predicted molar refractivity (Wildman–Crippen MR) is 47.4 cm³/mol. The fourth-order valence-corrected chi connectivity index (χ4v) is 1.13. The van der Waals surface area contributed by atoms with Crippen molar-refractivity contribution in [2.75, 3.05) is 12.4 Å². The van der Waals surface area contributed by atoms with Crippen molar-refractivity contribution in [2.45, 2.75) is 0 Å². The number of nitrogens with zero attached hydrogens (tertiary/aromatic N) is 2. The van der Waals surface area contributed by atoms with E-state index in [-0.39, 0.29) is 0 Å². The molecule has 10 heavy (non-hydrogen) atoms. The lowest BCUT2D eigenvalue weighted by molar-refractivity contribution is 1.24. The Bertz CT molecular complexity index is 242. The van der Waals surface area contributed by atoms with E-state index >= 15 is 0 Å². The zero-order valence-corrected chi connectivity index (χ0v) is 6.83. The summed E-state index contributed by atoms with van der Waals surface area (Å²) in [5.74, 6) is 0.